The van der Waals surface area contributed by atoms with Gasteiger partial charge in [-0.1, -0.05) is 11.8 Å². The first-order valence-electron chi connectivity index (χ1n) is 8.75. The molecule has 0 aliphatic carbocycles. The molecule has 0 amide bonds. The highest BCUT2D eigenvalue weighted by Crippen LogP contribution is 2.23. The van der Waals surface area contributed by atoms with Crippen LogP contribution in [-0.4, -0.2) is 41.2 Å². The second-order valence-corrected chi connectivity index (χ2v) is 8.99. The number of fused-ring (bicyclic) bond motifs is 1. The molecule has 0 spiro atoms. The van der Waals surface area contributed by atoms with Crippen LogP contribution in [0.5, 0.6) is 5.75 Å². The zero-order valence-corrected chi connectivity index (χ0v) is 17.2. The monoisotopic (exact) mass is 433 g/mol. The average molecular weight is 434 g/mol. The van der Waals surface area contributed by atoms with Gasteiger partial charge in [-0.15, -0.1) is 0 Å². The van der Waals surface area contributed by atoms with Gasteiger partial charge in [-0.05, 0) is 37.3 Å². The molecule has 0 aliphatic rings. The number of aromatic nitrogens is 3. The van der Waals surface area contributed by atoms with E-state index in [0.717, 1.165) is 11.8 Å². The Morgan fingerprint density at radius 2 is 2.07 bits per heavy atom. The van der Waals surface area contributed by atoms with E-state index in [1.54, 1.807) is 36.5 Å². The van der Waals surface area contributed by atoms with Crippen LogP contribution < -0.4 is 15.0 Å². The normalized spacial score (nSPS) is 11.4. The molecule has 9 nitrogen and oxygen atoms in total. The molecule has 0 saturated carbocycles. The Hall–Kier alpha value is -2.81. The van der Waals surface area contributed by atoms with Crippen LogP contribution in [0.4, 0.5) is 0 Å². The van der Waals surface area contributed by atoms with E-state index in [2.05, 4.69) is 14.7 Å². The lowest BCUT2D eigenvalue weighted by molar-refractivity contribution is 0.340. The number of hydrogen-bond acceptors (Lipinski definition) is 7. The molecule has 29 heavy (non-hydrogen) atoms. The molecule has 3 aromatic rings. The van der Waals surface area contributed by atoms with Crippen LogP contribution in [0.1, 0.15) is 13.3 Å². The van der Waals surface area contributed by atoms with Crippen LogP contribution in [0.2, 0.25) is 0 Å². The van der Waals surface area contributed by atoms with Gasteiger partial charge in [-0.2, -0.15) is 5.26 Å². The summed E-state index contributed by atoms with van der Waals surface area (Å²) >= 11 is 0.927. The van der Waals surface area contributed by atoms with Crippen molar-refractivity contribution in [2.75, 3.05) is 18.2 Å². The van der Waals surface area contributed by atoms with E-state index in [1.165, 1.54) is 4.57 Å². The quantitative estimate of drug-likeness (QED) is 0.300. The lowest BCUT2D eigenvalue weighted by atomic mass is 10.3. The van der Waals surface area contributed by atoms with Crippen molar-refractivity contribution in [3.05, 3.63) is 46.9 Å². The van der Waals surface area contributed by atoms with Gasteiger partial charge in [0.25, 0.3) is 5.56 Å². The SMILES string of the molecule is CCOc1ccc(-n2c(SCS(=O)(=O)NCCC#N)nc3cc[nH]c3c2=O)cc1. The third kappa shape index (κ3) is 4.97. The smallest absolute Gasteiger partial charge is 0.283 e. The summed E-state index contributed by atoms with van der Waals surface area (Å²) < 4.78 is 33.5. The molecular weight excluding hydrogens is 414 g/mol. The molecule has 0 unspecified atom stereocenters. The van der Waals surface area contributed by atoms with E-state index in [9.17, 15) is 13.2 Å². The molecule has 2 aromatic heterocycles. The molecule has 2 N–H and O–H groups in total. The van der Waals surface area contributed by atoms with Crippen molar-refractivity contribution in [3.63, 3.8) is 0 Å². The summed E-state index contributed by atoms with van der Waals surface area (Å²) in [5.74, 6) is 0.664. The lowest BCUT2D eigenvalue weighted by Gasteiger charge is -2.13. The molecule has 0 fully saturated rings. The maximum atomic E-state index is 13.0. The second kappa shape index (κ2) is 9.13. The standard InChI is InChI=1S/C18H19N5O4S2/c1-2-27-14-6-4-13(5-7-14)23-17(24)16-15(8-11-20-16)22-18(23)28-12-29(25,26)21-10-3-9-19/h4-8,11,20-21H,2-3,10,12H2,1H3. The topological polar surface area (TPSA) is 130 Å². The van der Waals surface area contributed by atoms with Crippen molar-refractivity contribution < 1.29 is 13.2 Å². The first-order valence-corrected chi connectivity index (χ1v) is 11.4. The number of nitrogens with zero attached hydrogens (tertiary/aromatic N) is 3. The molecule has 152 valence electrons. The summed E-state index contributed by atoms with van der Waals surface area (Å²) in [7, 11) is -3.64. The van der Waals surface area contributed by atoms with Gasteiger partial charge in [0.05, 0.1) is 23.9 Å². The number of hydrogen-bond donors (Lipinski definition) is 2. The Labute approximate surface area is 171 Å². The van der Waals surface area contributed by atoms with Gasteiger partial charge < -0.3 is 9.72 Å². The van der Waals surface area contributed by atoms with Crippen molar-refractivity contribution in [2.45, 2.75) is 18.5 Å². The second-order valence-electron chi connectivity index (χ2n) is 5.88. The Morgan fingerprint density at radius 1 is 1.31 bits per heavy atom. The minimum atomic E-state index is -3.64. The number of nitrogens with one attached hydrogen (secondary N) is 2. The predicted molar refractivity (Wildman–Crippen MR) is 111 cm³/mol. The number of aromatic amines is 1. The van der Waals surface area contributed by atoms with Crippen LogP contribution in [0, 0.1) is 11.3 Å². The molecule has 0 atom stereocenters. The Bertz CT molecular complexity index is 1190. The van der Waals surface area contributed by atoms with Crippen LogP contribution in [0.3, 0.4) is 0 Å². The van der Waals surface area contributed by atoms with Crippen LogP contribution >= 0.6 is 11.8 Å². The lowest BCUT2D eigenvalue weighted by Crippen LogP contribution is -2.27. The van der Waals surface area contributed by atoms with Gasteiger partial charge in [-0.25, -0.2) is 18.1 Å². The van der Waals surface area contributed by atoms with Crippen molar-refractivity contribution >= 4 is 32.8 Å². The summed E-state index contributed by atoms with van der Waals surface area (Å²) in [6.07, 6.45) is 1.69. The summed E-state index contributed by atoms with van der Waals surface area (Å²) in [6.45, 7) is 2.43. The Balaban J connectivity index is 1.97. The van der Waals surface area contributed by atoms with E-state index in [0.29, 0.717) is 29.1 Å². The van der Waals surface area contributed by atoms with E-state index >= 15 is 0 Å². The largest absolute Gasteiger partial charge is 0.494 e. The number of rotatable bonds is 9. The summed E-state index contributed by atoms with van der Waals surface area (Å²) in [5.41, 5.74) is 0.994. The van der Waals surface area contributed by atoms with Gasteiger partial charge in [0, 0.05) is 19.2 Å². The summed E-state index contributed by atoms with van der Waals surface area (Å²) in [4.78, 5) is 20.3. The number of ether oxygens (including phenoxy) is 1. The first kappa shape index (κ1) is 20.9. The Morgan fingerprint density at radius 3 is 2.76 bits per heavy atom. The molecule has 0 aliphatic heterocycles. The maximum Gasteiger partial charge on any atom is 0.283 e. The predicted octanol–water partition coefficient (Wildman–Crippen LogP) is 2.00. The molecule has 0 bridgehead atoms. The van der Waals surface area contributed by atoms with Gasteiger partial charge in [0.2, 0.25) is 10.0 Å². The molecule has 1 aromatic carbocycles. The van der Waals surface area contributed by atoms with E-state index in [-0.39, 0.29) is 28.8 Å². The molecule has 0 saturated heterocycles. The molecule has 3 rings (SSSR count). The third-order valence-electron chi connectivity index (χ3n) is 3.86. The number of H-pyrrole nitrogens is 1. The molecular formula is C18H19N5O4S2. The third-order valence-corrected chi connectivity index (χ3v) is 6.75. The number of thioether (sulfide) groups is 1. The maximum absolute atomic E-state index is 13.0. The van der Waals surface area contributed by atoms with Crippen LogP contribution in [-0.2, 0) is 10.0 Å². The average Bonchev–Trinajstić information content (AvgIpc) is 3.17. The zero-order valence-electron chi connectivity index (χ0n) is 15.6. The fourth-order valence-electron chi connectivity index (χ4n) is 2.59. The van der Waals surface area contributed by atoms with Crippen molar-refractivity contribution in [1.82, 2.24) is 19.3 Å². The van der Waals surface area contributed by atoms with Crippen molar-refractivity contribution in [3.8, 4) is 17.5 Å². The highest BCUT2D eigenvalue weighted by molar-refractivity contribution is 8.11. The summed E-state index contributed by atoms with van der Waals surface area (Å²) in [5, 5.41) is 8.46. The molecule has 0 radical (unpaired) electrons. The number of nitriles is 1. The van der Waals surface area contributed by atoms with Crippen LogP contribution in [0.25, 0.3) is 16.7 Å². The first-order chi connectivity index (χ1) is 13.9. The van der Waals surface area contributed by atoms with Crippen LogP contribution in [0.15, 0.2) is 46.5 Å². The van der Waals surface area contributed by atoms with Gasteiger partial charge >= 0.3 is 0 Å². The fraction of sp³-hybridized carbons (Fsp3) is 0.278. The van der Waals surface area contributed by atoms with Gasteiger partial charge in [-0.3, -0.25) is 9.36 Å². The highest BCUT2D eigenvalue weighted by atomic mass is 32.3. The highest BCUT2D eigenvalue weighted by Gasteiger charge is 2.18. The van der Waals surface area contributed by atoms with E-state index < -0.39 is 10.0 Å². The van der Waals surface area contributed by atoms with Gasteiger partial charge in [0.1, 0.15) is 16.4 Å². The number of benzene rings is 1. The summed E-state index contributed by atoms with van der Waals surface area (Å²) in [6, 6.07) is 10.4. The number of sulfonamides is 1. The Kier molecular flexibility index (Phi) is 6.58. The molecule has 2 heterocycles. The molecule has 11 heteroatoms. The van der Waals surface area contributed by atoms with E-state index in [4.69, 9.17) is 10.00 Å². The van der Waals surface area contributed by atoms with Crippen molar-refractivity contribution in [2.24, 2.45) is 0 Å². The van der Waals surface area contributed by atoms with E-state index in [1.807, 2.05) is 13.0 Å². The zero-order chi connectivity index (χ0) is 20.9. The minimum Gasteiger partial charge on any atom is -0.494 e. The fourth-order valence-corrected chi connectivity index (χ4v) is 4.86. The minimum absolute atomic E-state index is 0.0371. The van der Waals surface area contributed by atoms with Crippen molar-refractivity contribution in [1.29, 1.82) is 5.26 Å². The van der Waals surface area contributed by atoms with Gasteiger partial charge in [0.15, 0.2) is 5.16 Å².